The second kappa shape index (κ2) is 5.52. The van der Waals surface area contributed by atoms with Gasteiger partial charge in [0.2, 0.25) is 5.91 Å². The van der Waals surface area contributed by atoms with E-state index in [4.69, 9.17) is 5.11 Å². The van der Waals surface area contributed by atoms with E-state index in [0.29, 0.717) is 11.4 Å². The number of amides is 1. The highest BCUT2D eigenvalue weighted by atomic mass is 16.4. The van der Waals surface area contributed by atoms with Gasteiger partial charge in [-0.3, -0.25) is 4.79 Å². The van der Waals surface area contributed by atoms with Gasteiger partial charge in [0.15, 0.2) is 0 Å². The number of benzene rings is 1. The van der Waals surface area contributed by atoms with E-state index in [1.807, 2.05) is 13.0 Å². The van der Waals surface area contributed by atoms with E-state index in [2.05, 4.69) is 10.3 Å². The van der Waals surface area contributed by atoms with Crippen molar-refractivity contribution in [2.24, 2.45) is 0 Å². The first kappa shape index (κ1) is 13.7. The van der Waals surface area contributed by atoms with Gasteiger partial charge in [0, 0.05) is 18.2 Å². The fourth-order valence-electron chi connectivity index (χ4n) is 1.85. The highest BCUT2D eigenvalue weighted by Gasteiger charge is 2.08. The van der Waals surface area contributed by atoms with Crippen molar-refractivity contribution in [3.63, 3.8) is 0 Å². The van der Waals surface area contributed by atoms with Crippen molar-refractivity contribution >= 4 is 17.6 Å². The number of hydrogen-bond donors (Lipinski definition) is 2. The van der Waals surface area contributed by atoms with Gasteiger partial charge >= 0.3 is 5.97 Å². The molecule has 1 amide bonds. The van der Waals surface area contributed by atoms with Crippen LogP contribution in [-0.2, 0) is 4.79 Å². The largest absolute Gasteiger partial charge is 0.477 e. The molecule has 1 aromatic carbocycles. The minimum absolute atomic E-state index is 0.0194. The lowest BCUT2D eigenvalue weighted by Gasteiger charge is -2.06. The molecule has 1 heterocycles. The molecule has 0 atom stereocenters. The highest BCUT2D eigenvalue weighted by Crippen LogP contribution is 2.21. The van der Waals surface area contributed by atoms with Crippen LogP contribution in [-0.4, -0.2) is 22.0 Å². The molecule has 102 valence electrons. The summed E-state index contributed by atoms with van der Waals surface area (Å²) in [6, 6.07) is 10.4. The molecule has 2 rings (SSSR count). The van der Waals surface area contributed by atoms with E-state index < -0.39 is 5.97 Å². The van der Waals surface area contributed by atoms with Crippen LogP contribution >= 0.6 is 0 Å². The second-order valence-corrected chi connectivity index (χ2v) is 4.48. The minimum Gasteiger partial charge on any atom is -0.477 e. The quantitative estimate of drug-likeness (QED) is 0.898. The first-order valence-corrected chi connectivity index (χ1v) is 6.06. The lowest BCUT2D eigenvalue weighted by Crippen LogP contribution is -2.05. The lowest BCUT2D eigenvalue weighted by atomic mass is 10.1. The van der Waals surface area contributed by atoms with E-state index in [1.165, 1.54) is 13.0 Å². The maximum absolute atomic E-state index is 11.0. The monoisotopic (exact) mass is 270 g/mol. The van der Waals surface area contributed by atoms with Crippen LogP contribution in [0, 0.1) is 6.92 Å². The second-order valence-electron chi connectivity index (χ2n) is 4.48. The number of pyridine rings is 1. The molecule has 5 nitrogen and oxygen atoms in total. The molecular weight excluding hydrogens is 256 g/mol. The van der Waals surface area contributed by atoms with Crippen molar-refractivity contribution < 1.29 is 14.7 Å². The molecule has 0 spiro atoms. The Hall–Kier alpha value is -2.69. The molecule has 0 aliphatic rings. The zero-order valence-electron chi connectivity index (χ0n) is 11.2. The van der Waals surface area contributed by atoms with Gasteiger partial charge in [-0.15, -0.1) is 0 Å². The number of nitrogens with zero attached hydrogens (tertiary/aromatic N) is 1. The summed E-state index contributed by atoms with van der Waals surface area (Å²) in [5.74, 6) is -1.19. The molecule has 0 saturated heterocycles. The van der Waals surface area contributed by atoms with Crippen molar-refractivity contribution in [2.45, 2.75) is 13.8 Å². The summed E-state index contributed by atoms with van der Waals surface area (Å²) < 4.78 is 0. The van der Waals surface area contributed by atoms with Crippen LogP contribution in [0.4, 0.5) is 5.69 Å². The summed E-state index contributed by atoms with van der Waals surface area (Å²) in [5, 5.41) is 11.7. The van der Waals surface area contributed by atoms with E-state index >= 15 is 0 Å². The summed E-state index contributed by atoms with van der Waals surface area (Å²) in [7, 11) is 0. The molecule has 0 aliphatic heterocycles. The van der Waals surface area contributed by atoms with Crippen molar-refractivity contribution in [2.75, 3.05) is 5.32 Å². The summed E-state index contributed by atoms with van der Waals surface area (Å²) in [5.41, 5.74) is 2.93. The molecule has 0 unspecified atom stereocenters. The fourth-order valence-corrected chi connectivity index (χ4v) is 1.85. The summed E-state index contributed by atoms with van der Waals surface area (Å²) in [4.78, 5) is 26.1. The fraction of sp³-hybridized carbons (Fsp3) is 0.133. The Labute approximate surface area is 116 Å². The third-order valence-electron chi connectivity index (χ3n) is 2.69. The first-order chi connectivity index (χ1) is 9.45. The summed E-state index contributed by atoms with van der Waals surface area (Å²) in [6.07, 6.45) is 0. The average molecular weight is 270 g/mol. The number of carboxylic acids is 1. The number of hydrogen-bond acceptors (Lipinski definition) is 3. The molecule has 20 heavy (non-hydrogen) atoms. The molecule has 0 radical (unpaired) electrons. The van der Waals surface area contributed by atoms with Crippen LogP contribution in [0.15, 0.2) is 36.4 Å². The van der Waals surface area contributed by atoms with Crippen LogP contribution in [0.3, 0.4) is 0 Å². The molecule has 2 N–H and O–H groups in total. The molecule has 0 bridgehead atoms. The number of aryl methyl sites for hydroxylation is 1. The van der Waals surface area contributed by atoms with Gasteiger partial charge in [-0.25, -0.2) is 9.78 Å². The number of carbonyl (C=O) groups is 2. The van der Waals surface area contributed by atoms with Gasteiger partial charge in [0.25, 0.3) is 0 Å². The van der Waals surface area contributed by atoms with Gasteiger partial charge in [-0.2, -0.15) is 0 Å². The van der Waals surface area contributed by atoms with Gasteiger partial charge in [-0.05, 0) is 36.8 Å². The van der Waals surface area contributed by atoms with Gasteiger partial charge in [0.05, 0.1) is 5.69 Å². The molecule has 5 heteroatoms. The molecule has 1 aromatic heterocycles. The van der Waals surface area contributed by atoms with E-state index in [-0.39, 0.29) is 11.6 Å². The number of rotatable bonds is 3. The Kier molecular flexibility index (Phi) is 3.79. The van der Waals surface area contributed by atoms with Crippen LogP contribution < -0.4 is 5.32 Å². The standard InChI is InChI=1S/C15H14N2O3/c1-9-7-13(17-14(8-9)15(19)20)11-3-5-12(6-4-11)16-10(2)18/h3-8H,1-2H3,(H,16,18)(H,19,20). The van der Waals surface area contributed by atoms with Gasteiger partial charge in [-0.1, -0.05) is 12.1 Å². The van der Waals surface area contributed by atoms with E-state index in [1.54, 1.807) is 24.3 Å². The third kappa shape index (κ3) is 3.20. The third-order valence-corrected chi connectivity index (χ3v) is 2.69. The highest BCUT2D eigenvalue weighted by molar-refractivity contribution is 5.89. The Bertz CT molecular complexity index is 663. The van der Waals surface area contributed by atoms with Crippen molar-refractivity contribution in [3.05, 3.63) is 47.7 Å². The van der Waals surface area contributed by atoms with E-state index in [0.717, 1.165) is 11.1 Å². The molecule has 2 aromatic rings. The van der Waals surface area contributed by atoms with Crippen molar-refractivity contribution in [1.29, 1.82) is 0 Å². The number of aromatic nitrogens is 1. The predicted molar refractivity (Wildman–Crippen MR) is 75.7 cm³/mol. The normalized spacial score (nSPS) is 10.1. The lowest BCUT2D eigenvalue weighted by molar-refractivity contribution is -0.114. The van der Waals surface area contributed by atoms with Gasteiger partial charge in [0.1, 0.15) is 5.69 Å². The first-order valence-electron chi connectivity index (χ1n) is 6.06. The summed E-state index contributed by atoms with van der Waals surface area (Å²) in [6.45, 7) is 3.26. The number of anilines is 1. The Morgan fingerprint density at radius 2 is 1.80 bits per heavy atom. The van der Waals surface area contributed by atoms with Crippen LogP contribution in [0.5, 0.6) is 0 Å². The molecule has 0 saturated carbocycles. The molecule has 0 fully saturated rings. The SMILES string of the molecule is CC(=O)Nc1ccc(-c2cc(C)cc(C(=O)O)n2)cc1. The number of nitrogens with one attached hydrogen (secondary N) is 1. The van der Waals surface area contributed by atoms with Crippen LogP contribution in [0.2, 0.25) is 0 Å². The van der Waals surface area contributed by atoms with Gasteiger partial charge < -0.3 is 10.4 Å². The maximum atomic E-state index is 11.0. The predicted octanol–water partition coefficient (Wildman–Crippen LogP) is 2.71. The zero-order valence-corrected chi connectivity index (χ0v) is 11.2. The average Bonchev–Trinajstić information content (AvgIpc) is 2.38. The number of carbonyl (C=O) groups excluding carboxylic acids is 1. The smallest absolute Gasteiger partial charge is 0.354 e. The topological polar surface area (TPSA) is 79.3 Å². The van der Waals surface area contributed by atoms with Crippen LogP contribution in [0.25, 0.3) is 11.3 Å². The van der Waals surface area contributed by atoms with Crippen molar-refractivity contribution in [3.8, 4) is 11.3 Å². The molecular formula is C15H14N2O3. The zero-order chi connectivity index (χ0) is 14.7. The Morgan fingerprint density at radius 3 is 2.35 bits per heavy atom. The Balaban J connectivity index is 2.36. The van der Waals surface area contributed by atoms with Crippen molar-refractivity contribution in [1.82, 2.24) is 4.98 Å². The minimum atomic E-state index is -1.05. The summed E-state index contributed by atoms with van der Waals surface area (Å²) >= 11 is 0. The Morgan fingerprint density at radius 1 is 1.15 bits per heavy atom. The number of aromatic carboxylic acids is 1. The maximum Gasteiger partial charge on any atom is 0.354 e. The van der Waals surface area contributed by atoms with E-state index in [9.17, 15) is 9.59 Å². The number of carboxylic acid groups (broad SMARTS) is 1. The van der Waals surface area contributed by atoms with Crippen LogP contribution in [0.1, 0.15) is 23.0 Å². The molecule has 0 aliphatic carbocycles.